The van der Waals surface area contributed by atoms with Gasteiger partial charge in [0.05, 0.1) is 0 Å². The van der Waals surface area contributed by atoms with Crippen molar-refractivity contribution >= 4 is 16.9 Å². The molecule has 0 saturated carbocycles. The van der Waals surface area contributed by atoms with E-state index >= 15 is 0 Å². The largest absolute Gasteiger partial charge is 0.370 e. The second-order valence-electron chi connectivity index (χ2n) is 8.21. The lowest BCUT2D eigenvalue weighted by Crippen LogP contribution is -2.35. The van der Waals surface area contributed by atoms with Crippen LogP contribution in [0.5, 0.6) is 0 Å². The standard InChI is InChI=1S/C23H32N6O/c1-2-3-4-5-6-7-14-28-16-13-17-18(10-8-11-19(17)28)21-26-22(30-27-21)20-12-9-15-29(20)23(24)25/h8,10-11,13,16,20H,2-7,9,12,14-15H2,1H3,(H3,24,25)/t20-/m0/s1. The normalized spacial score (nSPS) is 16.6. The molecule has 4 rings (SSSR count). The summed E-state index contributed by atoms with van der Waals surface area (Å²) < 4.78 is 7.92. The zero-order valence-electron chi connectivity index (χ0n) is 17.8. The van der Waals surface area contributed by atoms with Gasteiger partial charge in [0.2, 0.25) is 11.7 Å². The Morgan fingerprint density at radius 3 is 2.87 bits per heavy atom. The summed E-state index contributed by atoms with van der Waals surface area (Å²) in [7, 11) is 0. The van der Waals surface area contributed by atoms with Crippen molar-refractivity contribution in [3.05, 3.63) is 36.4 Å². The Kier molecular flexibility index (Phi) is 6.35. The van der Waals surface area contributed by atoms with Crippen molar-refractivity contribution < 1.29 is 4.52 Å². The number of unbranched alkanes of at least 4 members (excludes halogenated alkanes) is 5. The predicted octanol–water partition coefficient (Wildman–Crippen LogP) is 5.08. The van der Waals surface area contributed by atoms with Crippen LogP contribution in [0, 0.1) is 5.41 Å². The van der Waals surface area contributed by atoms with Crippen molar-refractivity contribution in [3.8, 4) is 11.4 Å². The van der Waals surface area contributed by atoms with Gasteiger partial charge < -0.3 is 19.7 Å². The van der Waals surface area contributed by atoms with Crippen LogP contribution in [-0.2, 0) is 6.54 Å². The lowest BCUT2D eigenvalue weighted by atomic mass is 10.1. The van der Waals surface area contributed by atoms with Crippen LogP contribution in [-0.4, -0.2) is 32.1 Å². The van der Waals surface area contributed by atoms with Crippen LogP contribution in [0.1, 0.15) is 70.2 Å². The number of aromatic nitrogens is 3. The first kappa shape index (κ1) is 20.4. The van der Waals surface area contributed by atoms with Gasteiger partial charge in [-0.15, -0.1) is 0 Å². The third-order valence-electron chi connectivity index (χ3n) is 6.10. The minimum Gasteiger partial charge on any atom is -0.370 e. The van der Waals surface area contributed by atoms with E-state index in [4.69, 9.17) is 15.7 Å². The van der Waals surface area contributed by atoms with Gasteiger partial charge in [0.15, 0.2) is 5.96 Å². The number of hydrogen-bond donors (Lipinski definition) is 2. The lowest BCUT2D eigenvalue weighted by molar-refractivity contribution is 0.283. The van der Waals surface area contributed by atoms with Crippen molar-refractivity contribution in [3.63, 3.8) is 0 Å². The van der Waals surface area contributed by atoms with Crippen molar-refractivity contribution in [1.82, 2.24) is 19.6 Å². The molecule has 30 heavy (non-hydrogen) atoms. The fraction of sp³-hybridized carbons (Fsp3) is 0.522. The van der Waals surface area contributed by atoms with Gasteiger partial charge in [0, 0.05) is 35.8 Å². The number of nitrogens with two attached hydrogens (primary N) is 1. The smallest absolute Gasteiger partial charge is 0.249 e. The minimum atomic E-state index is -0.0970. The number of likely N-dealkylation sites (tertiary alicyclic amines) is 1. The number of aryl methyl sites for hydroxylation is 1. The zero-order valence-corrected chi connectivity index (χ0v) is 17.8. The number of rotatable bonds is 9. The van der Waals surface area contributed by atoms with Gasteiger partial charge in [-0.05, 0) is 31.4 Å². The lowest BCUT2D eigenvalue weighted by Gasteiger charge is -2.21. The van der Waals surface area contributed by atoms with Gasteiger partial charge >= 0.3 is 0 Å². The Bertz CT molecular complexity index is 991. The molecule has 0 radical (unpaired) electrons. The summed E-state index contributed by atoms with van der Waals surface area (Å²) in [4.78, 5) is 6.51. The monoisotopic (exact) mass is 408 g/mol. The third kappa shape index (κ3) is 4.20. The summed E-state index contributed by atoms with van der Waals surface area (Å²) in [5, 5.41) is 13.2. The molecule has 0 aliphatic carbocycles. The number of nitrogens with zero attached hydrogens (tertiary/aromatic N) is 4. The first-order valence-electron chi connectivity index (χ1n) is 11.2. The average Bonchev–Trinajstić information content (AvgIpc) is 3.49. The van der Waals surface area contributed by atoms with Crippen LogP contribution in [0.2, 0.25) is 0 Å². The van der Waals surface area contributed by atoms with Crippen LogP contribution in [0.25, 0.3) is 22.3 Å². The molecule has 7 heteroatoms. The van der Waals surface area contributed by atoms with Crippen LogP contribution >= 0.6 is 0 Å². The van der Waals surface area contributed by atoms with Gasteiger partial charge in [-0.3, -0.25) is 5.41 Å². The van der Waals surface area contributed by atoms with Gasteiger partial charge in [-0.2, -0.15) is 4.98 Å². The van der Waals surface area contributed by atoms with Crippen molar-refractivity contribution in [1.29, 1.82) is 5.41 Å². The van der Waals surface area contributed by atoms with E-state index in [1.165, 1.54) is 44.0 Å². The number of benzene rings is 1. The summed E-state index contributed by atoms with van der Waals surface area (Å²) in [6.45, 7) is 4.05. The first-order valence-corrected chi connectivity index (χ1v) is 11.2. The Hall–Kier alpha value is -2.83. The molecule has 0 amide bonds. The highest BCUT2D eigenvalue weighted by molar-refractivity contribution is 5.93. The number of fused-ring (bicyclic) bond motifs is 1. The highest BCUT2D eigenvalue weighted by Gasteiger charge is 2.31. The van der Waals surface area contributed by atoms with Crippen molar-refractivity contribution in [2.45, 2.75) is 70.9 Å². The first-order chi connectivity index (χ1) is 14.7. The highest BCUT2D eigenvalue weighted by atomic mass is 16.5. The van der Waals surface area contributed by atoms with Crippen LogP contribution in [0.3, 0.4) is 0 Å². The Morgan fingerprint density at radius 2 is 2.03 bits per heavy atom. The second-order valence-corrected chi connectivity index (χ2v) is 8.21. The van der Waals surface area contributed by atoms with Crippen LogP contribution in [0.4, 0.5) is 0 Å². The minimum absolute atomic E-state index is 0.0612. The van der Waals surface area contributed by atoms with Crippen LogP contribution in [0.15, 0.2) is 35.0 Å². The summed E-state index contributed by atoms with van der Waals surface area (Å²) in [5.41, 5.74) is 7.90. The molecule has 1 fully saturated rings. The molecule has 3 heterocycles. The number of nitrogens with one attached hydrogen (secondary N) is 1. The molecule has 0 unspecified atom stereocenters. The van der Waals surface area contributed by atoms with Crippen molar-refractivity contribution in [2.24, 2.45) is 5.73 Å². The molecule has 1 saturated heterocycles. The maximum absolute atomic E-state index is 7.77. The summed E-state index contributed by atoms with van der Waals surface area (Å²) >= 11 is 0. The van der Waals surface area contributed by atoms with E-state index in [0.717, 1.165) is 36.9 Å². The average molecular weight is 409 g/mol. The molecule has 1 aliphatic heterocycles. The Labute approximate surface area is 177 Å². The van der Waals surface area contributed by atoms with Gasteiger partial charge in [-0.25, -0.2) is 0 Å². The molecule has 160 valence electrons. The quantitative estimate of drug-likeness (QED) is 0.292. The summed E-state index contributed by atoms with van der Waals surface area (Å²) in [6, 6.07) is 8.31. The van der Waals surface area contributed by atoms with E-state index in [9.17, 15) is 0 Å². The third-order valence-corrected chi connectivity index (χ3v) is 6.10. The van der Waals surface area contributed by atoms with Gasteiger partial charge in [-0.1, -0.05) is 56.3 Å². The number of guanidine groups is 1. The SMILES string of the molecule is CCCCCCCCn1ccc2c(-c3noc([C@@H]4CCCN4C(=N)N)n3)cccc21. The molecule has 1 atom stereocenters. The van der Waals surface area contributed by atoms with Gasteiger partial charge in [0.25, 0.3) is 0 Å². The van der Waals surface area contributed by atoms with Crippen molar-refractivity contribution in [2.75, 3.05) is 6.54 Å². The van der Waals surface area contributed by atoms with Crippen LogP contribution < -0.4 is 5.73 Å². The maximum atomic E-state index is 7.77. The molecule has 0 spiro atoms. The molecular formula is C23H32N6O. The highest BCUT2D eigenvalue weighted by Crippen LogP contribution is 2.33. The van der Waals surface area contributed by atoms with Gasteiger partial charge in [0.1, 0.15) is 6.04 Å². The Morgan fingerprint density at radius 1 is 1.20 bits per heavy atom. The molecular weight excluding hydrogens is 376 g/mol. The van der Waals surface area contributed by atoms with E-state index in [1.54, 1.807) is 0 Å². The fourth-order valence-corrected chi connectivity index (χ4v) is 4.47. The summed E-state index contributed by atoms with van der Waals surface area (Å²) in [6.07, 6.45) is 11.8. The van der Waals surface area contributed by atoms with E-state index in [2.05, 4.69) is 46.0 Å². The molecule has 0 bridgehead atoms. The molecule has 1 aromatic carbocycles. The molecule has 3 N–H and O–H groups in total. The molecule has 7 nitrogen and oxygen atoms in total. The fourth-order valence-electron chi connectivity index (χ4n) is 4.47. The predicted molar refractivity (Wildman–Crippen MR) is 119 cm³/mol. The molecule has 3 aromatic rings. The second kappa shape index (κ2) is 9.32. The van der Waals surface area contributed by atoms with E-state index in [-0.39, 0.29) is 12.0 Å². The topological polar surface area (TPSA) is 97.0 Å². The van der Waals surface area contributed by atoms with E-state index in [1.807, 2.05) is 11.0 Å². The maximum Gasteiger partial charge on any atom is 0.249 e. The molecule has 2 aromatic heterocycles. The zero-order chi connectivity index (χ0) is 20.9. The molecule has 1 aliphatic rings. The summed E-state index contributed by atoms with van der Waals surface area (Å²) in [5.74, 6) is 1.20. The van der Waals surface area contributed by atoms with E-state index < -0.39 is 0 Å². The number of hydrogen-bond acceptors (Lipinski definition) is 4. The Balaban J connectivity index is 1.49. The van der Waals surface area contributed by atoms with E-state index in [0.29, 0.717) is 11.7 Å².